The third-order valence-electron chi connectivity index (χ3n) is 5.26. The largest absolute Gasteiger partial charge is 0.423 e. The molecule has 190 valence electrons. The zero-order valence-electron chi connectivity index (χ0n) is 20.5. The van der Waals surface area contributed by atoms with Crippen LogP contribution in [-0.4, -0.2) is 18.0 Å². The highest BCUT2D eigenvalue weighted by Crippen LogP contribution is 2.22. The number of carbonyl (C=O) groups excluding carboxylic acids is 3. The Bertz CT molecular complexity index is 1490. The first-order chi connectivity index (χ1) is 18.9. The standard InChI is InChI=1S/C31H22N4O4/c1-3-21-10-14-24(15-11-21)32-30(37)34-26-18-23(29(36)39-28-8-6-5-7-9-28)19-27(20-26)35-31(38)33-25-16-12-22(4-2)13-17-25/h1-2,5-20H,(H2,32,34,37)(H2,33,35,38). The maximum Gasteiger partial charge on any atom is 0.343 e. The second kappa shape index (κ2) is 12.3. The predicted molar refractivity (Wildman–Crippen MR) is 152 cm³/mol. The van der Waals surface area contributed by atoms with Crippen LogP contribution in [0, 0.1) is 24.7 Å². The molecular weight excluding hydrogens is 492 g/mol. The molecule has 0 spiro atoms. The lowest BCUT2D eigenvalue weighted by Gasteiger charge is -2.13. The number of urea groups is 2. The summed E-state index contributed by atoms with van der Waals surface area (Å²) < 4.78 is 5.43. The number of ether oxygens (including phenoxy) is 1. The minimum absolute atomic E-state index is 0.101. The third kappa shape index (κ3) is 7.50. The van der Waals surface area contributed by atoms with Gasteiger partial charge in [0.15, 0.2) is 0 Å². The van der Waals surface area contributed by atoms with Crippen molar-refractivity contribution >= 4 is 40.8 Å². The van der Waals surface area contributed by atoms with Crippen LogP contribution in [0.4, 0.5) is 32.3 Å². The van der Waals surface area contributed by atoms with E-state index in [9.17, 15) is 14.4 Å². The molecule has 8 nitrogen and oxygen atoms in total. The van der Waals surface area contributed by atoms with Gasteiger partial charge in [0.05, 0.1) is 5.56 Å². The molecule has 8 heteroatoms. The fourth-order valence-corrected chi connectivity index (χ4v) is 3.43. The van der Waals surface area contributed by atoms with E-state index in [-0.39, 0.29) is 16.9 Å². The molecule has 0 fully saturated rings. The molecule has 4 rings (SSSR count). The predicted octanol–water partition coefficient (Wildman–Crippen LogP) is 6.16. The average molecular weight is 515 g/mol. The van der Waals surface area contributed by atoms with Gasteiger partial charge in [0.1, 0.15) is 5.75 Å². The average Bonchev–Trinajstić information content (AvgIpc) is 2.94. The summed E-state index contributed by atoms with van der Waals surface area (Å²) in [6.45, 7) is 0. The lowest BCUT2D eigenvalue weighted by molar-refractivity contribution is 0.0734. The van der Waals surface area contributed by atoms with E-state index in [0.717, 1.165) is 0 Å². The first kappa shape index (κ1) is 26.1. The summed E-state index contributed by atoms with van der Waals surface area (Å²) in [7, 11) is 0. The number of carbonyl (C=O) groups is 3. The number of hydrogen-bond acceptors (Lipinski definition) is 4. The van der Waals surface area contributed by atoms with Crippen LogP contribution in [0.15, 0.2) is 97.1 Å². The number of rotatable bonds is 6. The van der Waals surface area contributed by atoms with Crippen LogP contribution in [0.5, 0.6) is 5.75 Å². The van der Waals surface area contributed by atoms with Crippen LogP contribution in [-0.2, 0) is 0 Å². The quantitative estimate of drug-likeness (QED) is 0.140. The molecule has 0 atom stereocenters. The van der Waals surface area contributed by atoms with E-state index in [1.165, 1.54) is 18.2 Å². The van der Waals surface area contributed by atoms with Gasteiger partial charge in [0.2, 0.25) is 0 Å². The molecule has 4 aromatic carbocycles. The van der Waals surface area contributed by atoms with Crippen LogP contribution in [0.3, 0.4) is 0 Å². The fraction of sp³-hybridized carbons (Fsp3) is 0. The van der Waals surface area contributed by atoms with E-state index in [4.69, 9.17) is 17.6 Å². The van der Waals surface area contributed by atoms with Crippen LogP contribution in [0.1, 0.15) is 21.5 Å². The van der Waals surface area contributed by atoms with Crippen molar-refractivity contribution in [2.45, 2.75) is 0 Å². The van der Waals surface area contributed by atoms with Gasteiger partial charge < -0.3 is 26.0 Å². The second-order valence-electron chi connectivity index (χ2n) is 8.10. The highest BCUT2D eigenvalue weighted by molar-refractivity contribution is 6.04. The van der Waals surface area contributed by atoms with E-state index in [1.54, 1.807) is 78.9 Å². The van der Waals surface area contributed by atoms with Crippen molar-refractivity contribution < 1.29 is 19.1 Å². The molecule has 39 heavy (non-hydrogen) atoms. The zero-order valence-corrected chi connectivity index (χ0v) is 20.5. The summed E-state index contributed by atoms with van der Waals surface area (Å²) in [5.74, 6) is 4.67. The Hall–Kier alpha value is -5.99. The minimum Gasteiger partial charge on any atom is -0.423 e. The third-order valence-corrected chi connectivity index (χ3v) is 5.26. The number of esters is 1. The monoisotopic (exact) mass is 514 g/mol. The zero-order chi connectivity index (χ0) is 27.6. The highest BCUT2D eigenvalue weighted by atomic mass is 16.5. The molecule has 0 aliphatic carbocycles. The van der Waals surface area contributed by atoms with E-state index in [2.05, 4.69) is 33.1 Å². The molecule has 0 aromatic heterocycles. The fourth-order valence-electron chi connectivity index (χ4n) is 3.43. The molecule has 0 bridgehead atoms. The Balaban J connectivity index is 1.53. The summed E-state index contributed by atoms with van der Waals surface area (Å²) >= 11 is 0. The number of anilines is 4. The first-order valence-corrected chi connectivity index (χ1v) is 11.6. The topological polar surface area (TPSA) is 109 Å². The van der Waals surface area contributed by atoms with Crippen molar-refractivity contribution in [3.63, 3.8) is 0 Å². The SMILES string of the molecule is C#Cc1ccc(NC(=O)Nc2cc(NC(=O)Nc3ccc(C#C)cc3)cc(C(=O)Oc3ccccc3)c2)cc1. The maximum atomic E-state index is 12.9. The summed E-state index contributed by atoms with van der Waals surface area (Å²) in [5.41, 5.74) is 2.95. The van der Waals surface area contributed by atoms with Crippen molar-refractivity contribution in [1.82, 2.24) is 0 Å². The maximum absolute atomic E-state index is 12.9. The van der Waals surface area contributed by atoms with Gasteiger partial charge in [-0.2, -0.15) is 0 Å². The molecule has 0 aliphatic heterocycles. The molecule has 4 amide bonds. The Morgan fingerprint density at radius 2 is 1.00 bits per heavy atom. The van der Waals surface area contributed by atoms with E-state index in [0.29, 0.717) is 28.3 Å². The summed E-state index contributed by atoms with van der Waals surface area (Å²) in [4.78, 5) is 38.2. The van der Waals surface area contributed by atoms with Crippen molar-refractivity contribution in [2.75, 3.05) is 21.3 Å². The Labute approximate surface area is 225 Å². The highest BCUT2D eigenvalue weighted by Gasteiger charge is 2.15. The van der Waals surface area contributed by atoms with Crippen molar-refractivity contribution in [1.29, 1.82) is 0 Å². The minimum atomic E-state index is -0.677. The molecule has 0 saturated heterocycles. The number of nitrogens with one attached hydrogen (secondary N) is 4. The van der Waals surface area contributed by atoms with Gasteiger partial charge >= 0.3 is 18.0 Å². The molecule has 0 radical (unpaired) electrons. The smallest absolute Gasteiger partial charge is 0.343 e. The van der Waals surface area contributed by atoms with E-state index >= 15 is 0 Å². The van der Waals surface area contributed by atoms with Gasteiger partial charge in [-0.3, -0.25) is 0 Å². The number of hydrogen-bond donors (Lipinski definition) is 4. The summed E-state index contributed by atoms with van der Waals surface area (Å²) in [6, 6.07) is 25.2. The Kier molecular flexibility index (Phi) is 8.23. The van der Waals surface area contributed by atoms with Gasteiger partial charge in [-0.1, -0.05) is 30.0 Å². The number of benzene rings is 4. The summed E-state index contributed by atoms with van der Waals surface area (Å²) in [5, 5.41) is 10.7. The molecule has 0 saturated carbocycles. The normalized spacial score (nSPS) is 9.79. The summed E-state index contributed by atoms with van der Waals surface area (Å²) in [6.07, 6.45) is 10.7. The number of terminal acetylenes is 2. The molecular formula is C31H22N4O4. The lowest BCUT2D eigenvalue weighted by Crippen LogP contribution is -2.22. The first-order valence-electron chi connectivity index (χ1n) is 11.6. The van der Waals surface area contributed by atoms with Gasteiger partial charge in [-0.25, -0.2) is 14.4 Å². The molecule has 4 aromatic rings. The molecule has 4 N–H and O–H groups in total. The van der Waals surface area contributed by atoms with E-state index in [1.807, 2.05) is 0 Å². The molecule has 0 heterocycles. The number of para-hydroxylation sites is 1. The lowest BCUT2D eigenvalue weighted by atomic mass is 10.1. The van der Waals surface area contributed by atoms with Crippen LogP contribution < -0.4 is 26.0 Å². The van der Waals surface area contributed by atoms with Crippen LogP contribution in [0.25, 0.3) is 0 Å². The van der Waals surface area contributed by atoms with Crippen LogP contribution in [0.2, 0.25) is 0 Å². The van der Waals surface area contributed by atoms with Gasteiger partial charge in [0.25, 0.3) is 0 Å². The molecule has 0 aliphatic rings. The molecule has 0 unspecified atom stereocenters. The van der Waals surface area contributed by atoms with Gasteiger partial charge in [-0.15, -0.1) is 12.8 Å². The van der Waals surface area contributed by atoms with Crippen molar-refractivity contribution in [3.05, 3.63) is 114 Å². The van der Waals surface area contributed by atoms with E-state index < -0.39 is 18.0 Å². The van der Waals surface area contributed by atoms with Gasteiger partial charge in [0, 0.05) is 33.9 Å². The van der Waals surface area contributed by atoms with Crippen LogP contribution >= 0.6 is 0 Å². The van der Waals surface area contributed by atoms with Crippen molar-refractivity contribution in [3.8, 4) is 30.4 Å². The van der Waals surface area contributed by atoms with Crippen molar-refractivity contribution in [2.24, 2.45) is 0 Å². The van der Waals surface area contributed by atoms with Gasteiger partial charge in [-0.05, 0) is 78.9 Å². The number of amides is 4. The second-order valence-corrected chi connectivity index (χ2v) is 8.10. The Morgan fingerprint density at radius 3 is 1.44 bits per heavy atom. The Morgan fingerprint density at radius 1 is 0.564 bits per heavy atom.